The predicted molar refractivity (Wildman–Crippen MR) is 73.3 cm³/mol. The summed E-state index contributed by atoms with van der Waals surface area (Å²) >= 11 is 5.68. The minimum absolute atomic E-state index is 0.344. The van der Waals surface area contributed by atoms with Crippen molar-refractivity contribution in [3.63, 3.8) is 0 Å². The smallest absolute Gasteiger partial charge is 0.423 e. The lowest BCUT2D eigenvalue weighted by Gasteiger charge is -2.15. The van der Waals surface area contributed by atoms with Gasteiger partial charge in [-0.25, -0.2) is 4.98 Å². The molecule has 0 fully saturated rings. The zero-order valence-corrected chi connectivity index (χ0v) is 12.3. The summed E-state index contributed by atoms with van der Waals surface area (Å²) in [5.41, 5.74) is -1.13. The largest absolute Gasteiger partial charge is 0.467 e. The number of ether oxygens (including phenoxy) is 1. The van der Waals surface area contributed by atoms with Crippen molar-refractivity contribution in [3.8, 4) is 5.88 Å². The Balaban J connectivity index is 2.28. The Morgan fingerprint density at radius 3 is 2.21 bits per heavy atom. The van der Waals surface area contributed by atoms with Crippen LogP contribution in [-0.4, -0.2) is 22.8 Å². The standard InChI is InChI=1S/C13H8ClF6N3O/c14-7-1-3-8(4-2-7)22-11-21-5-9(13(18,19)20)10(23-11)24-6-12(15,16)17/h1-5H,6H2,(H,21,22,23). The second-order valence-corrected chi connectivity index (χ2v) is 4.88. The Kier molecular flexibility index (Phi) is 5.07. The van der Waals surface area contributed by atoms with Gasteiger partial charge in [-0.2, -0.15) is 31.3 Å². The van der Waals surface area contributed by atoms with Crippen molar-refractivity contribution in [2.75, 3.05) is 11.9 Å². The lowest BCUT2D eigenvalue weighted by molar-refractivity contribution is -0.159. The molecular weight excluding hydrogens is 364 g/mol. The van der Waals surface area contributed by atoms with Crippen LogP contribution in [0, 0.1) is 0 Å². The van der Waals surface area contributed by atoms with Gasteiger partial charge < -0.3 is 10.1 Å². The third-order valence-electron chi connectivity index (χ3n) is 2.53. The maximum Gasteiger partial charge on any atom is 0.423 e. The molecule has 0 aliphatic rings. The molecule has 130 valence electrons. The van der Waals surface area contributed by atoms with Gasteiger partial charge in [0, 0.05) is 16.9 Å². The molecule has 0 aliphatic heterocycles. The molecular formula is C13H8ClF6N3O. The van der Waals surface area contributed by atoms with Crippen molar-refractivity contribution in [1.29, 1.82) is 0 Å². The predicted octanol–water partition coefficient (Wildman–Crippen LogP) is 4.83. The van der Waals surface area contributed by atoms with E-state index in [2.05, 4.69) is 20.0 Å². The Hall–Kier alpha value is -2.23. The van der Waals surface area contributed by atoms with Crippen LogP contribution >= 0.6 is 11.6 Å². The average Bonchev–Trinajstić information content (AvgIpc) is 2.46. The van der Waals surface area contributed by atoms with Crippen LogP contribution in [0.3, 0.4) is 0 Å². The monoisotopic (exact) mass is 371 g/mol. The summed E-state index contributed by atoms with van der Waals surface area (Å²) in [6.45, 7) is -1.91. The van der Waals surface area contributed by atoms with Crippen molar-refractivity contribution in [2.24, 2.45) is 0 Å². The van der Waals surface area contributed by atoms with Crippen molar-refractivity contribution in [2.45, 2.75) is 12.4 Å². The Morgan fingerprint density at radius 1 is 1.04 bits per heavy atom. The van der Waals surface area contributed by atoms with E-state index in [1.165, 1.54) is 24.3 Å². The molecule has 0 radical (unpaired) electrons. The molecule has 1 aromatic carbocycles. The van der Waals surface area contributed by atoms with Crippen molar-refractivity contribution < 1.29 is 31.1 Å². The number of hydrogen-bond acceptors (Lipinski definition) is 4. The minimum Gasteiger partial charge on any atom is -0.467 e. The van der Waals surface area contributed by atoms with Gasteiger partial charge in [-0.15, -0.1) is 0 Å². The van der Waals surface area contributed by atoms with Gasteiger partial charge in [0.2, 0.25) is 11.8 Å². The van der Waals surface area contributed by atoms with Crippen LogP contribution in [0.4, 0.5) is 38.0 Å². The fourth-order valence-corrected chi connectivity index (χ4v) is 1.67. The molecule has 2 rings (SSSR count). The number of halogens is 7. The van der Waals surface area contributed by atoms with Gasteiger partial charge in [0.1, 0.15) is 5.56 Å². The molecule has 0 atom stereocenters. The number of nitrogens with zero attached hydrogens (tertiary/aromatic N) is 2. The summed E-state index contributed by atoms with van der Waals surface area (Å²) in [5.74, 6) is -1.58. The van der Waals surface area contributed by atoms with Gasteiger partial charge in [-0.3, -0.25) is 0 Å². The fourth-order valence-electron chi connectivity index (χ4n) is 1.54. The molecule has 0 saturated carbocycles. The number of nitrogens with one attached hydrogen (secondary N) is 1. The van der Waals surface area contributed by atoms with Crippen LogP contribution < -0.4 is 10.1 Å². The molecule has 0 spiro atoms. The number of aromatic nitrogens is 2. The number of rotatable bonds is 4. The van der Waals surface area contributed by atoms with Crippen LogP contribution in [0.2, 0.25) is 5.02 Å². The fraction of sp³-hybridized carbons (Fsp3) is 0.231. The molecule has 1 heterocycles. The van der Waals surface area contributed by atoms with Crippen LogP contribution in [0.5, 0.6) is 5.88 Å². The highest BCUT2D eigenvalue weighted by molar-refractivity contribution is 6.30. The summed E-state index contributed by atoms with van der Waals surface area (Å²) in [6, 6.07) is 5.96. The highest BCUT2D eigenvalue weighted by atomic mass is 35.5. The Bertz CT molecular complexity index is 702. The van der Waals surface area contributed by atoms with Crippen molar-refractivity contribution in [3.05, 3.63) is 41.0 Å². The normalized spacial score (nSPS) is 12.1. The molecule has 4 nitrogen and oxygen atoms in total. The second-order valence-electron chi connectivity index (χ2n) is 4.45. The summed E-state index contributed by atoms with van der Waals surface area (Å²) in [4.78, 5) is 6.79. The quantitative estimate of drug-likeness (QED) is 0.782. The third-order valence-corrected chi connectivity index (χ3v) is 2.78. The van der Waals surface area contributed by atoms with E-state index in [0.717, 1.165) is 0 Å². The molecule has 2 aromatic rings. The van der Waals surface area contributed by atoms with Crippen LogP contribution in [0.1, 0.15) is 5.56 Å². The van der Waals surface area contributed by atoms with E-state index < -0.39 is 30.4 Å². The zero-order valence-electron chi connectivity index (χ0n) is 11.5. The van der Waals surface area contributed by atoms with Crippen molar-refractivity contribution >= 4 is 23.2 Å². The van der Waals surface area contributed by atoms with Crippen LogP contribution in [0.25, 0.3) is 0 Å². The molecule has 0 bridgehead atoms. The molecule has 0 unspecified atom stereocenters. The number of hydrogen-bond donors (Lipinski definition) is 1. The SMILES string of the molecule is FC(F)(F)COc1nc(Nc2ccc(Cl)cc2)ncc1C(F)(F)F. The van der Waals surface area contributed by atoms with Gasteiger partial charge in [0.25, 0.3) is 0 Å². The molecule has 0 aliphatic carbocycles. The van der Waals surface area contributed by atoms with Crippen LogP contribution in [0.15, 0.2) is 30.5 Å². The van der Waals surface area contributed by atoms with Gasteiger partial charge in [0.05, 0.1) is 0 Å². The van der Waals surface area contributed by atoms with Gasteiger partial charge in [-0.1, -0.05) is 11.6 Å². The lowest BCUT2D eigenvalue weighted by Crippen LogP contribution is -2.22. The topological polar surface area (TPSA) is 47.0 Å². The molecule has 24 heavy (non-hydrogen) atoms. The first-order chi connectivity index (χ1) is 11.0. The van der Waals surface area contributed by atoms with Gasteiger partial charge in [0.15, 0.2) is 6.61 Å². The number of alkyl halides is 6. The maximum absolute atomic E-state index is 12.8. The van der Waals surface area contributed by atoms with E-state index in [1.807, 2.05) is 0 Å². The summed E-state index contributed by atoms with van der Waals surface area (Å²) in [5, 5.41) is 2.96. The highest BCUT2D eigenvalue weighted by Crippen LogP contribution is 2.36. The average molecular weight is 372 g/mol. The first kappa shape index (κ1) is 18.1. The van der Waals surface area contributed by atoms with E-state index in [-0.39, 0.29) is 5.95 Å². The van der Waals surface area contributed by atoms with Crippen molar-refractivity contribution in [1.82, 2.24) is 9.97 Å². The molecule has 0 amide bonds. The Labute approximate surface area is 136 Å². The van der Waals surface area contributed by atoms with Gasteiger partial charge >= 0.3 is 12.4 Å². The number of anilines is 2. The molecule has 11 heteroatoms. The van der Waals surface area contributed by atoms with E-state index in [9.17, 15) is 26.3 Å². The van der Waals surface area contributed by atoms with Crippen LogP contribution in [-0.2, 0) is 6.18 Å². The zero-order chi connectivity index (χ0) is 18.0. The molecule has 0 saturated heterocycles. The highest BCUT2D eigenvalue weighted by Gasteiger charge is 2.38. The molecule has 1 aromatic heterocycles. The number of benzene rings is 1. The first-order valence-electron chi connectivity index (χ1n) is 6.21. The summed E-state index contributed by atoms with van der Waals surface area (Å²) < 4.78 is 79.1. The minimum atomic E-state index is -4.96. The van der Waals surface area contributed by atoms with E-state index in [0.29, 0.717) is 16.9 Å². The maximum atomic E-state index is 12.8. The third kappa shape index (κ3) is 5.15. The summed E-state index contributed by atoms with van der Waals surface area (Å²) in [6.07, 6.45) is -9.42. The molecule has 1 N–H and O–H groups in total. The van der Waals surface area contributed by atoms with E-state index >= 15 is 0 Å². The first-order valence-corrected chi connectivity index (χ1v) is 6.59. The lowest BCUT2D eigenvalue weighted by atomic mass is 10.3. The van der Waals surface area contributed by atoms with E-state index in [1.54, 1.807) is 0 Å². The van der Waals surface area contributed by atoms with Gasteiger partial charge in [-0.05, 0) is 24.3 Å². The van der Waals surface area contributed by atoms with E-state index in [4.69, 9.17) is 11.6 Å². The Morgan fingerprint density at radius 2 is 1.67 bits per heavy atom. The summed E-state index contributed by atoms with van der Waals surface area (Å²) in [7, 11) is 0. The second kappa shape index (κ2) is 6.71.